The van der Waals surface area contributed by atoms with E-state index >= 15 is 0 Å². The van der Waals surface area contributed by atoms with Gasteiger partial charge in [0, 0.05) is 30.7 Å². The van der Waals surface area contributed by atoms with Gasteiger partial charge < -0.3 is 15.4 Å². The van der Waals surface area contributed by atoms with Crippen LogP contribution in [0.2, 0.25) is 0 Å². The molecule has 1 aromatic carbocycles. The zero-order chi connectivity index (χ0) is 15.5. The second kappa shape index (κ2) is 10.2. The number of halogens is 1. The van der Waals surface area contributed by atoms with Crippen LogP contribution in [-0.4, -0.2) is 44.4 Å². The van der Waals surface area contributed by atoms with Gasteiger partial charge in [0.2, 0.25) is 11.8 Å². The predicted octanol–water partition coefficient (Wildman–Crippen LogP) is 1.19. The first-order valence-corrected chi connectivity index (χ1v) is 7.51. The third-order valence-electron chi connectivity index (χ3n) is 2.49. The first-order chi connectivity index (χ1) is 10.1. The summed E-state index contributed by atoms with van der Waals surface area (Å²) in [5, 5.41) is 5.15. The number of rotatable bonds is 9. The van der Waals surface area contributed by atoms with Crippen LogP contribution in [0, 0.1) is 5.82 Å². The first kappa shape index (κ1) is 17.5. The molecule has 0 aromatic heterocycles. The van der Waals surface area contributed by atoms with Crippen molar-refractivity contribution in [3.63, 3.8) is 0 Å². The molecule has 5 nitrogen and oxygen atoms in total. The van der Waals surface area contributed by atoms with E-state index in [-0.39, 0.29) is 24.2 Å². The van der Waals surface area contributed by atoms with Crippen LogP contribution in [0.25, 0.3) is 0 Å². The molecule has 2 N–H and O–H groups in total. The quantitative estimate of drug-likeness (QED) is 0.531. The second-order valence-electron chi connectivity index (χ2n) is 4.17. The minimum atomic E-state index is -0.281. The zero-order valence-electron chi connectivity index (χ0n) is 11.9. The highest BCUT2D eigenvalue weighted by molar-refractivity contribution is 7.99. The molecule has 0 saturated carbocycles. The lowest BCUT2D eigenvalue weighted by Crippen LogP contribution is -2.38. The number of nitrogens with one attached hydrogen (secondary N) is 2. The molecule has 0 fully saturated rings. The monoisotopic (exact) mass is 314 g/mol. The van der Waals surface area contributed by atoms with Gasteiger partial charge in [-0.3, -0.25) is 9.59 Å². The molecular weight excluding hydrogens is 295 g/mol. The van der Waals surface area contributed by atoms with Crippen molar-refractivity contribution < 1.29 is 18.7 Å². The summed E-state index contributed by atoms with van der Waals surface area (Å²) < 4.78 is 17.5. The average Bonchev–Trinajstić information content (AvgIpc) is 2.47. The van der Waals surface area contributed by atoms with Gasteiger partial charge in [0.1, 0.15) is 5.82 Å². The fourth-order valence-electron chi connectivity index (χ4n) is 1.41. The lowest BCUT2D eigenvalue weighted by atomic mass is 10.4. The lowest BCUT2D eigenvalue weighted by molar-refractivity contribution is -0.125. The summed E-state index contributed by atoms with van der Waals surface area (Å²) in [4.78, 5) is 23.8. The van der Waals surface area contributed by atoms with Gasteiger partial charge in [0.15, 0.2) is 0 Å². The number of thioether (sulfide) groups is 1. The highest BCUT2D eigenvalue weighted by Crippen LogP contribution is 2.18. The number of carbonyl (C=O) groups excluding carboxylic acids is 2. The van der Waals surface area contributed by atoms with Crippen molar-refractivity contribution in [2.75, 3.05) is 32.6 Å². The summed E-state index contributed by atoms with van der Waals surface area (Å²) in [5.74, 6) is -0.141. The molecule has 0 heterocycles. The van der Waals surface area contributed by atoms with Gasteiger partial charge in [-0.25, -0.2) is 4.39 Å². The minimum Gasteiger partial charge on any atom is -0.383 e. The van der Waals surface area contributed by atoms with Crippen LogP contribution in [0.5, 0.6) is 0 Å². The van der Waals surface area contributed by atoms with Gasteiger partial charge in [-0.05, 0) is 24.3 Å². The zero-order valence-corrected chi connectivity index (χ0v) is 12.7. The van der Waals surface area contributed by atoms with Gasteiger partial charge in [-0.2, -0.15) is 0 Å². The Morgan fingerprint density at radius 3 is 2.57 bits per heavy atom. The van der Waals surface area contributed by atoms with E-state index in [2.05, 4.69) is 10.6 Å². The van der Waals surface area contributed by atoms with E-state index in [4.69, 9.17) is 4.74 Å². The summed E-state index contributed by atoms with van der Waals surface area (Å²) >= 11 is 1.46. The van der Waals surface area contributed by atoms with Crippen molar-refractivity contribution >= 4 is 23.6 Å². The van der Waals surface area contributed by atoms with Crippen LogP contribution in [0.3, 0.4) is 0 Å². The molecule has 0 unspecified atom stereocenters. The minimum absolute atomic E-state index is 0.0379. The number of hydrogen-bond acceptors (Lipinski definition) is 4. The molecule has 7 heteroatoms. The first-order valence-electron chi connectivity index (χ1n) is 6.52. The van der Waals surface area contributed by atoms with Gasteiger partial charge in [0.05, 0.1) is 13.2 Å². The van der Waals surface area contributed by atoms with Crippen molar-refractivity contribution in [3.8, 4) is 0 Å². The van der Waals surface area contributed by atoms with Gasteiger partial charge >= 0.3 is 0 Å². The number of methoxy groups -OCH3 is 1. The molecule has 0 aliphatic rings. The Morgan fingerprint density at radius 2 is 1.90 bits per heavy atom. The third-order valence-corrected chi connectivity index (χ3v) is 3.50. The summed E-state index contributed by atoms with van der Waals surface area (Å²) in [6.07, 6.45) is 0.299. The van der Waals surface area contributed by atoms with Crippen molar-refractivity contribution in [2.45, 2.75) is 11.3 Å². The Balaban J connectivity index is 2.11. The van der Waals surface area contributed by atoms with E-state index in [9.17, 15) is 14.0 Å². The van der Waals surface area contributed by atoms with E-state index in [0.29, 0.717) is 25.3 Å². The third kappa shape index (κ3) is 8.31. The molecule has 0 aliphatic heterocycles. The van der Waals surface area contributed by atoms with E-state index in [0.717, 1.165) is 4.90 Å². The SMILES string of the molecule is COCCNC(=O)CNC(=O)CCSc1ccc(F)cc1. The number of hydrogen-bond donors (Lipinski definition) is 2. The smallest absolute Gasteiger partial charge is 0.239 e. The highest BCUT2D eigenvalue weighted by atomic mass is 32.2. The van der Waals surface area contributed by atoms with Crippen LogP contribution in [0.1, 0.15) is 6.42 Å². The molecule has 0 bridgehead atoms. The normalized spacial score (nSPS) is 10.2. The molecule has 0 aliphatic carbocycles. The van der Waals surface area contributed by atoms with E-state index in [1.165, 1.54) is 23.9 Å². The van der Waals surface area contributed by atoms with Crippen LogP contribution in [-0.2, 0) is 14.3 Å². The summed E-state index contributed by atoms with van der Waals surface area (Å²) in [6, 6.07) is 6.10. The molecular formula is C14H19FN2O3S. The van der Waals surface area contributed by atoms with E-state index in [1.807, 2.05) is 0 Å². The standard InChI is InChI=1S/C14H19FN2O3S/c1-20-8-7-16-14(19)10-17-13(18)6-9-21-12-4-2-11(15)3-5-12/h2-5H,6-10H2,1H3,(H,16,19)(H,17,18). The van der Waals surface area contributed by atoms with Crippen molar-refractivity contribution in [2.24, 2.45) is 0 Å². The van der Waals surface area contributed by atoms with Crippen molar-refractivity contribution in [1.29, 1.82) is 0 Å². The summed E-state index contributed by atoms with van der Waals surface area (Å²) in [5.41, 5.74) is 0. The maximum Gasteiger partial charge on any atom is 0.239 e. The molecule has 116 valence electrons. The number of amides is 2. The molecule has 0 atom stereocenters. The molecule has 0 radical (unpaired) electrons. The lowest BCUT2D eigenvalue weighted by Gasteiger charge is -2.06. The molecule has 2 amide bonds. The Hall–Kier alpha value is -1.60. The van der Waals surface area contributed by atoms with Gasteiger partial charge in [-0.1, -0.05) is 0 Å². The van der Waals surface area contributed by atoms with Crippen LogP contribution in [0.15, 0.2) is 29.2 Å². The number of benzene rings is 1. The number of ether oxygens (including phenoxy) is 1. The maximum absolute atomic E-state index is 12.7. The Bertz CT molecular complexity index is 454. The van der Waals surface area contributed by atoms with Crippen LogP contribution < -0.4 is 10.6 Å². The largest absolute Gasteiger partial charge is 0.383 e. The molecule has 1 aromatic rings. The fraction of sp³-hybridized carbons (Fsp3) is 0.429. The summed E-state index contributed by atoms with van der Waals surface area (Å²) in [7, 11) is 1.55. The Kier molecular flexibility index (Phi) is 8.45. The molecule has 1 rings (SSSR count). The Morgan fingerprint density at radius 1 is 1.19 bits per heavy atom. The number of carbonyl (C=O) groups is 2. The van der Waals surface area contributed by atoms with E-state index < -0.39 is 0 Å². The van der Waals surface area contributed by atoms with Crippen molar-refractivity contribution in [3.05, 3.63) is 30.1 Å². The topological polar surface area (TPSA) is 67.4 Å². The van der Waals surface area contributed by atoms with E-state index in [1.54, 1.807) is 19.2 Å². The Labute approximate surface area is 127 Å². The molecule has 21 heavy (non-hydrogen) atoms. The predicted molar refractivity (Wildman–Crippen MR) is 79.6 cm³/mol. The van der Waals surface area contributed by atoms with Crippen molar-refractivity contribution in [1.82, 2.24) is 10.6 Å². The van der Waals surface area contributed by atoms with Crippen LogP contribution in [0.4, 0.5) is 4.39 Å². The molecule has 0 spiro atoms. The van der Waals surface area contributed by atoms with Gasteiger partial charge in [0.25, 0.3) is 0 Å². The molecule has 0 saturated heterocycles. The second-order valence-corrected chi connectivity index (χ2v) is 5.34. The fourth-order valence-corrected chi connectivity index (χ4v) is 2.27. The summed E-state index contributed by atoms with van der Waals surface area (Å²) in [6.45, 7) is 0.823. The average molecular weight is 314 g/mol. The van der Waals surface area contributed by atoms with Crippen LogP contribution >= 0.6 is 11.8 Å². The highest BCUT2D eigenvalue weighted by Gasteiger charge is 2.05. The maximum atomic E-state index is 12.7. The van der Waals surface area contributed by atoms with Gasteiger partial charge in [-0.15, -0.1) is 11.8 Å².